The topological polar surface area (TPSA) is 78.9 Å². The molecule has 0 fully saturated rings. The maximum Gasteiger partial charge on any atom is 0.282 e. The van der Waals surface area contributed by atoms with Gasteiger partial charge in [0.2, 0.25) is 5.82 Å². The van der Waals surface area contributed by atoms with Crippen molar-refractivity contribution in [3.05, 3.63) is 137 Å². The van der Waals surface area contributed by atoms with Crippen LogP contribution in [0.5, 0.6) is 11.5 Å². The fourth-order valence-corrected chi connectivity index (χ4v) is 4.77. The molecule has 0 N–H and O–H groups in total. The van der Waals surface area contributed by atoms with Gasteiger partial charge in [-0.1, -0.05) is 48.5 Å². The van der Waals surface area contributed by atoms with Gasteiger partial charge in [0.1, 0.15) is 18.0 Å². The first kappa shape index (κ1) is 26.7. The highest BCUT2D eigenvalue weighted by atomic mass is 19.1. The molecule has 4 aromatic carbocycles. The average molecular weight is 560 g/mol. The summed E-state index contributed by atoms with van der Waals surface area (Å²) in [4.78, 5) is 18.4. The van der Waals surface area contributed by atoms with E-state index in [-0.39, 0.29) is 23.8 Å². The number of para-hydroxylation sites is 2. The van der Waals surface area contributed by atoms with E-state index in [0.29, 0.717) is 51.3 Å². The lowest BCUT2D eigenvalue weighted by molar-refractivity contribution is 0.281. The van der Waals surface area contributed by atoms with E-state index in [2.05, 4.69) is 11.7 Å². The third-order valence-corrected chi connectivity index (χ3v) is 6.73. The number of aromatic nitrogens is 2. The van der Waals surface area contributed by atoms with Crippen molar-refractivity contribution < 1.29 is 18.3 Å². The van der Waals surface area contributed by atoms with Crippen molar-refractivity contribution >= 4 is 28.1 Å². The van der Waals surface area contributed by atoms with Crippen molar-refractivity contribution in [1.29, 1.82) is 0 Å². The van der Waals surface area contributed by atoms with E-state index in [0.717, 1.165) is 10.9 Å². The van der Waals surface area contributed by atoms with Crippen molar-refractivity contribution in [3.8, 4) is 23.1 Å². The lowest BCUT2D eigenvalue weighted by atomic mass is 10.1. The van der Waals surface area contributed by atoms with Gasteiger partial charge in [-0.25, -0.2) is 9.37 Å². The molecule has 7 nitrogen and oxygen atoms in total. The van der Waals surface area contributed by atoms with Crippen LogP contribution >= 0.6 is 0 Å². The molecule has 0 unspecified atom stereocenters. The van der Waals surface area contributed by atoms with E-state index in [9.17, 15) is 9.18 Å². The highest BCUT2D eigenvalue weighted by molar-refractivity contribution is 5.85. The van der Waals surface area contributed by atoms with E-state index >= 15 is 0 Å². The second-order valence-electron chi connectivity index (χ2n) is 9.59. The van der Waals surface area contributed by atoms with Crippen molar-refractivity contribution in [2.45, 2.75) is 13.0 Å². The number of hydrogen-bond acceptors (Lipinski definition) is 6. The summed E-state index contributed by atoms with van der Waals surface area (Å²) in [7, 11) is 1.54. The Balaban J connectivity index is 1.42. The molecule has 0 saturated carbocycles. The number of hydrogen-bond donors (Lipinski definition) is 0. The van der Waals surface area contributed by atoms with Crippen LogP contribution in [-0.4, -0.2) is 23.0 Å². The Bertz CT molecular complexity index is 1990. The summed E-state index contributed by atoms with van der Waals surface area (Å²) in [6, 6.07) is 26.4. The van der Waals surface area contributed by atoms with E-state index < -0.39 is 0 Å². The molecule has 0 bridgehead atoms. The number of fused-ring (bicyclic) bond motifs is 2. The molecule has 6 aromatic rings. The molecule has 2 heterocycles. The van der Waals surface area contributed by atoms with E-state index in [1.807, 2.05) is 42.5 Å². The van der Waals surface area contributed by atoms with Gasteiger partial charge in [-0.15, -0.1) is 6.58 Å². The molecule has 0 aliphatic rings. The van der Waals surface area contributed by atoms with Gasteiger partial charge in [0, 0.05) is 10.9 Å². The first-order valence-electron chi connectivity index (χ1n) is 13.3. The third kappa shape index (κ3) is 5.30. The number of ether oxygens (including phenoxy) is 2. The zero-order valence-electron chi connectivity index (χ0n) is 22.8. The molecule has 0 atom stereocenters. The zero-order chi connectivity index (χ0) is 29.1. The number of nitrogens with zero attached hydrogens (tertiary/aromatic N) is 3. The van der Waals surface area contributed by atoms with Gasteiger partial charge in [-0.2, -0.15) is 9.78 Å². The standard InChI is InChI=1S/C34H26FN3O4/c1-3-9-25-16-23(18-30(40-2)32(25)41-21-22-10-8-12-26(35)17-22)20-36-38-33(31-19-24-11-4-7-15-29(24)42-31)37-28-14-6-5-13-27(28)34(38)39/h3-8,10-20H,1,9,21H2,2H3. The van der Waals surface area contributed by atoms with Gasteiger partial charge >= 0.3 is 0 Å². The summed E-state index contributed by atoms with van der Waals surface area (Å²) >= 11 is 0. The minimum Gasteiger partial charge on any atom is -0.493 e. The number of benzene rings is 4. The highest BCUT2D eigenvalue weighted by Crippen LogP contribution is 2.34. The summed E-state index contributed by atoms with van der Waals surface area (Å²) in [6.45, 7) is 4.02. The molecule has 2 aromatic heterocycles. The minimum absolute atomic E-state index is 0.157. The molecule has 6 rings (SSSR count). The minimum atomic E-state index is -0.333. The van der Waals surface area contributed by atoms with Crippen LogP contribution in [0.2, 0.25) is 0 Å². The molecule has 0 radical (unpaired) electrons. The number of methoxy groups -OCH3 is 1. The van der Waals surface area contributed by atoms with Crippen LogP contribution in [0.1, 0.15) is 16.7 Å². The first-order chi connectivity index (χ1) is 20.5. The summed E-state index contributed by atoms with van der Waals surface area (Å²) in [6.07, 6.45) is 3.80. The van der Waals surface area contributed by atoms with Crippen molar-refractivity contribution in [2.24, 2.45) is 5.10 Å². The van der Waals surface area contributed by atoms with Crippen LogP contribution in [0.25, 0.3) is 33.5 Å². The fraction of sp³-hybridized carbons (Fsp3) is 0.0882. The fourth-order valence-electron chi connectivity index (χ4n) is 4.77. The van der Waals surface area contributed by atoms with Gasteiger partial charge < -0.3 is 13.9 Å². The smallest absolute Gasteiger partial charge is 0.282 e. The lowest BCUT2D eigenvalue weighted by Crippen LogP contribution is -2.20. The number of allylic oxidation sites excluding steroid dienone is 1. The molecule has 0 saturated heterocycles. The maximum atomic E-state index is 13.7. The SMILES string of the molecule is C=CCc1cc(C=Nn2c(-c3cc4ccccc4o3)nc3ccccc3c2=O)cc(OC)c1OCc1cccc(F)c1. The van der Waals surface area contributed by atoms with Gasteiger partial charge in [-0.05, 0) is 66.1 Å². The Kier molecular flexibility index (Phi) is 7.34. The van der Waals surface area contributed by atoms with E-state index in [4.69, 9.17) is 18.9 Å². The van der Waals surface area contributed by atoms with Crippen LogP contribution in [0.15, 0.2) is 118 Å². The van der Waals surface area contributed by atoms with Gasteiger partial charge in [0.15, 0.2) is 17.3 Å². The average Bonchev–Trinajstić information content (AvgIpc) is 3.44. The lowest BCUT2D eigenvalue weighted by Gasteiger charge is -2.16. The van der Waals surface area contributed by atoms with Crippen LogP contribution in [0, 0.1) is 5.82 Å². The van der Waals surface area contributed by atoms with Crippen LogP contribution in [0.4, 0.5) is 4.39 Å². The molecule has 0 aliphatic carbocycles. The number of halogens is 1. The van der Waals surface area contributed by atoms with E-state index in [1.165, 1.54) is 16.8 Å². The Hall–Kier alpha value is -5.50. The second kappa shape index (κ2) is 11.5. The molecular formula is C34H26FN3O4. The molecular weight excluding hydrogens is 533 g/mol. The summed E-state index contributed by atoms with van der Waals surface area (Å²) < 4.78 is 32.7. The largest absolute Gasteiger partial charge is 0.493 e. The first-order valence-corrected chi connectivity index (χ1v) is 13.3. The zero-order valence-corrected chi connectivity index (χ0v) is 22.8. The Morgan fingerprint density at radius 1 is 1.02 bits per heavy atom. The summed E-state index contributed by atoms with van der Waals surface area (Å²) in [5.74, 6) is 1.35. The second-order valence-corrected chi connectivity index (χ2v) is 9.59. The predicted octanol–water partition coefficient (Wildman–Crippen LogP) is 7.15. The van der Waals surface area contributed by atoms with Crippen molar-refractivity contribution in [2.75, 3.05) is 7.11 Å². The van der Waals surface area contributed by atoms with Gasteiger partial charge in [-0.3, -0.25) is 4.79 Å². The normalized spacial score (nSPS) is 11.4. The van der Waals surface area contributed by atoms with Crippen LogP contribution < -0.4 is 15.0 Å². The molecule has 0 aliphatic heterocycles. The maximum absolute atomic E-state index is 13.7. The molecule has 8 heteroatoms. The van der Waals surface area contributed by atoms with Crippen LogP contribution in [0.3, 0.4) is 0 Å². The van der Waals surface area contributed by atoms with Crippen LogP contribution in [-0.2, 0) is 13.0 Å². The summed E-state index contributed by atoms with van der Waals surface area (Å²) in [5.41, 5.74) is 3.03. The molecule has 42 heavy (non-hydrogen) atoms. The number of furan rings is 1. The summed E-state index contributed by atoms with van der Waals surface area (Å²) in [5, 5.41) is 5.89. The highest BCUT2D eigenvalue weighted by Gasteiger charge is 2.17. The molecule has 0 spiro atoms. The Labute approximate surface area is 240 Å². The number of rotatable bonds is 9. The predicted molar refractivity (Wildman–Crippen MR) is 162 cm³/mol. The monoisotopic (exact) mass is 559 g/mol. The van der Waals surface area contributed by atoms with Crippen molar-refractivity contribution in [3.63, 3.8) is 0 Å². The third-order valence-electron chi connectivity index (χ3n) is 6.73. The molecule has 0 amide bonds. The van der Waals surface area contributed by atoms with Gasteiger partial charge in [0.05, 0.1) is 24.2 Å². The van der Waals surface area contributed by atoms with Crippen molar-refractivity contribution in [1.82, 2.24) is 9.66 Å². The Morgan fingerprint density at radius 3 is 2.67 bits per heavy atom. The molecule has 208 valence electrons. The Morgan fingerprint density at radius 2 is 1.86 bits per heavy atom. The van der Waals surface area contributed by atoms with E-state index in [1.54, 1.807) is 55.8 Å². The quantitative estimate of drug-likeness (QED) is 0.139. The van der Waals surface area contributed by atoms with Gasteiger partial charge in [0.25, 0.3) is 5.56 Å².